The van der Waals surface area contributed by atoms with Gasteiger partial charge in [-0.1, -0.05) is 24.9 Å². The number of fused-ring (bicyclic) bond motifs is 1. The fourth-order valence-electron chi connectivity index (χ4n) is 3.89. The smallest absolute Gasteiger partial charge is 0.226 e. The van der Waals surface area contributed by atoms with Gasteiger partial charge in [-0.2, -0.15) is 0 Å². The van der Waals surface area contributed by atoms with Gasteiger partial charge >= 0.3 is 0 Å². The van der Waals surface area contributed by atoms with E-state index in [0.717, 1.165) is 35.0 Å². The fraction of sp³-hybridized carbons (Fsp3) is 0.364. The van der Waals surface area contributed by atoms with Gasteiger partial charge in [-0.25, -0.2) is 9.37 Å². The van der Waals surface area contributed by atoms with E-state index in [1.54, 1.807) is 6.07 Å². The van der Waals surface area contributed by atoms with Gasteiger partial charge in [-0.3, -0.25) is 4.79 Å². The Morgan fingerprint density at radius 3 is 2.79 bits per heavy atom. The number of carbonyl (C=O) groups excluding carboxylic acids is 1. The Kier molecular flexibility index (Phi) is 4.88. The first-order valence-electron chi connectivity index (χ1n) is 9.53. The molecular weight excluding hydrogens is 377 g/mol. The molecule has 4 nitrogen and oxygen atoms in total. The van der Waals surface area contributed by atoms with Crippen LogP contribution >= 0.6 is 11.6 Å². The highest BCUT2D eigenvalue weighted by molar-refractivity contribution is 6.30. The minimum Gasteiger partial charge on any atom is -0.342 e. The maximum atomic E-state index is 13.6. The second-order valence-corrected chi connectivity index (χ2v) is 8.61. The molecule has 0 atom stereocenters. The summed E-state index contributed by atoms with van der Waals surface area (Å²) in [6.07, 6.45) is 5.87. The zero-order valence-electron chi connectivity index (χ0n) is 16.1. The van der Waals surface area contributed by atoms with Crippen molar-refractivity contribution in [3.63, 3.8) is 0 Å². The third kappa shape index (κ3) is 3.90. The van der Waals surface area contributed by atoms with E-state index in [4.69, 9.17) is 11.6 Å². The number of hydrogen-bond acceptors (Lipinski definition) is 2. The van der Waals surface area contributed by atoms with Crippen LogP contribution in [0.1, 0.15) is 43.7 Å². The van der Waals surface area contributed by atoms with Gasteiger partial charge in [0, 0.05) is 24.2 Å². The molecule has 1 aliphatic rings. The van der Waals surface area contributed by atoms with Crippen LogP contribution in [-0.2, 0) is 11.3 Å². The SMILES string of the molecule is Cc1cc2c(ccn2Cc2cc(F)cc(Cl)c2)nc1NC(=O)CC1(C)CCC1. The monoisotopic (exact) mass is 399 g/mol. The number of pyridine rings is 1. The first-order chi connectivity index (χ1) is 13.3. The topological polar surface area (TPSA) is 46.9 Å². The third-order valence-electron chi connectivity index (χ3n) is 5.62. The van der Waals surface area contributed by atoms with E-state index in [9.17, 15) is 9.18 Å². The molecule has 0 saturated heterocycles. The highest BCUT2D eigenvalue weighted by Crippen LogP contribution is 2.43. The second kappa shape index (κ2) is 7.21. The van der Waals surface area contributed by atoms with Crippen LogP contribution in [0, 0.1) is 18.2 Å². The van der Waals surface area contributed by atoms with Crippen molar-refractivity contribution in [2.24, 2.45) is 5.41 Å². The summed E-state index contributed by atoms with van der Waals surface area (Å²) >= 11 is 5.96. The number of nitrogens with zero attached hydrogens (tertiary/aromatic N) is 2. The largest absolute Gasteiger partial charge is 0.342 e. The predicted molar refractivity (Wildman–Crippen MR) is 110 cm³/mol. The van der Waals surface area contributed by atoms with E-state index in [0.29, 0.717) is 23.8 Å². The zero-order valence-corrected chi connectivity index (χ0v) is 16.8. The van der Waals surface area contributed by atoms with Crippen molar-refractivity contribution in [1.29, 1.82) is 0 Å². The van der Waals surface area contributed by atoms with Crippen molar-refractivity contribution in [3.8, 4) is 0 Å². The van der Waals surface area contributed by atoms with Crippen LogP contribution in [0.2, 0.25) is 5.02 Å². The summed E-state index contributed by atoms with van der Waals surface area (Å²) in [5, 5.41) is 3.35. The van der Waals surface area contributed by atoms with Crippen molar-refractivity contribution in [3.05, 3.63) is 58.5 Å². The van der Waals surface area contributed by atoms with Crippen molar-refractivity contribution < 1.29 is 9.18 Å². The van der Waals surface area contributed by atoms with Gasteiger partial charge in [0.15, 0.2) is 0 Å². The van der Waals surface area contributed by atoms with Crippen LogP contribution in [0.15, 0.2) is 36.5 Å². The van der Waals surface area contributed by atoms with E-state index >= 15 is 0 Å². The number of halogens is 2. The highest BCUT2D eigenvalue weighted by Gasteiger charge is 2.34. The molecule has 1 N–H and O–H groups in total. The molecule has 28 heavy (non-hydrogen) atoms. The molecule has 0 aliphatic heterocycles. The predicted octanol–water partition coefficient (Wildman–Crippen LogP) is 5.70. The summed E-state index contributed by atoms with van der Waals surface area (Å²) in [5.41, 5.74) is 3.54. The summed E-state index contributed by atoms with van der Waals surface area (Å²) in [5.74, 6) is 0.274. The standard InChI is InChI=1S/C22H23ClFN3O/c1-14-8-19-18(25-21(14)26-20(28)12-22(2)5-3-6-22)4-7-27(19)13-15-9-16(23)11-17(24)10-15/h4,7-11H,3,5-6,12-13H2,1-2H3,(H,25,26,28). The fourth-order valence-corrected chi connectivity index (χ4v) is 4.14. The number of nitrogens with one attached hydrogen (secondary N) is 1. The van der Waals surface area contributed by atoms with Crippen molar-refractivity contribution >= 4 is 34.4 Å². The third-order valence-corrected chi connectivity index (χ3v) is 5.84. The average Bonchev–Trinajstić information content (AvgIpc) is 2.94. The summed E-state index contributed by atoms with van der Waals surface area (Å²) in [7, 11) is 0. The van der Waals surface area contributed by atoms with Crippen LogP contribution in [0.3, 0.4) is 0 Å². The molecule has 2 aromatic heterocycles. The van der Waals surface area contributed by atoms with E-state index in [1.165, 1.54) is 18.6 Å². The number of aryl methyl sites for hydroxylation is 1. The molecule has 1 fully saturated rings. The van der Waals surface area contributed by atoms with Crippen LogP contribution in [0.25, 0.3) is 11.0 Å². The molecule has 0 spiro atoms. The number of benzene rings is 1. The van der Waals surface area contributed by atoms with E-state index in [-0.39, 0.29) is 17.1 Å². The molecule has 1 aromatic carbocycles. The number of hydrogen-bond donors (Lipinski definition) is 1. The molecule has 146 valence electrons. The molecule has 1 saturated carbocycles. The van der Waals surface area contributed by atoms with Gasteiger partial charge in [0.1, 0.15) is 11.6 Å². The van der Waals surface area contributed by atoms with Gasteiger partial charge in [0.25, 0.3) is 0 Å². The molecule has 6 heteroatoms. The summed E-state index contributed by atoms with van der Waals surface area (Å²) in [6.45, 7) is 4.59. The normalized spacial score (nSPS) is 15.4. The lowest BCUT2D eigenvalue weighted by Gasteiger charge is -2.37. The van der Waals surface area contributed by atoms with Crippen LogP contribution < -0.4 is 5.32 Å². The first kappa shape index (κ1) is 18.9. The van der Waals surface area contributed by atoms with Crippen LogP contribution in [-0.4, -0.2) is 15.5 Å². The lowest BCUT2D eigenvalue weighted by Crippen LogP contribution is -2.31. The number of rotatable bonds is 5. The molecule has 3 aromatic rings. The summed E-state index contributed by atoms with van der Waals surface area (Å²) in [6, 6.07) is 8.44. The Hall–Kier alpha value is -2.40. The molecular formula is C22H23ClFN3O. The number of anilines is 1. The van der Waals surface area contributed by atoms with E-state index in [2.05, 4.69) is 17.2 Å². The maximum Gasteiger partial charge on any atom is 0.226 e. The molecule has 0 unspecified atom stereocenters. The summed E-state index contributed by atoms with van der Waals surface area (Å²) in [4.78, 5) is 17.0. The Morgan fingerprint density at radius 2 is 2.11 bits per heavy atom. The van der Waals surface area contributed by atoms with Crippen molar-refractivity contribution in [2.75, 3.05) is 5.32 Å². The summed E-state index contributed by atoms with van der Waals surface area (Å²) < 4.78 is 15.6. The van der Waals surface area contributed by atoms with Crippen LogP contribution in [0.5, 0.6) is 0 Å². The number of carbonyl (C=O) groups is 1. The lowest BCUT2D eigenvalue weighted by atomic mass is 9.68. The molecule has 0 bridgehead atoms. The molecule has 1 amide bonds. The minimum absolute atomic E-state index is 0.0194. The van der Waals surface area contributed by atoms with E-state index < -0.39 is 0 Å². The lowest BCUT2D eigenvalue weighted by molar-refractivity contribution is -0.119. The van der Waals surface area contributed by atoms with Gasteiger partial charge in [-0.15, -0.1) is 0 Å². The second-order valence-electron chi connectivity index (χ2n) is 8.17. The average molecular weight is 400 g/mol. The van der Waals surface area contributed by atoms with Gasteiger partial charge < -0.3 is 9.88 Å². The Labute approximate surface area is 168 Å². The van der Waals surface area contributed by atoms with E-state index in [1.807, 2.05) is 29.8 Å². The maximum absolute atomic E-state index is 13.6. The Balaban J connectivity index is 1.55. The first-order valence-corrected chi connectivity index (χ1v) is 9.90. The van der Waals surface area contributed by atoms with Crippen LogP contribution in [0.4, 0.5) is 10.2 Å². The van der Waals surface area contributed by atoms with Crippen molar-refractivity contribution in [1.82, 2.24) is 9.55 Å². The van der Waals surface area contributed by atoms with Gasteiger partial charge in [-0.05, 0) is 66.6 Å². The number of amides is 1. The zero-order chi connectivity index (χ0) is 19.9. The van der Waals surface area contributed by atoms with Gasteiger partial charge in [0.05, 0.1) is 11.0 Å². The molecule has 1 aliphatic carbocycles. The highest BCUT2D eigenvalue weighted by atomic mass is 35.5. The molecule has 4 rings (SSSR count). The quantitative estimate of drug-likeness (QED) is 0.597. The van der Waals surface area contributed by atoms with Crippen molar-refractivity contribution in [2.45, 2.75) is 46.1 Å². The molecule has 2 heterocycles. The Bertz CT molecular complexity index is 1040. The number of aromatic nitrogens is 2. The minimum atomic E-state index is -0.349. The Morgan fingerprint density at radius 1 is 1.32 bits per heavy atom. The molecule has 0 radical (unpaired) electrons. The van der Waals surface area contributed by atoms with Gasteiger partial charge in [0.2, 0.25) is 5.91 Å².